The monoisotopic (exact) mass is 363 g/mol. The van der Waals surface area contributed by atoms with Gasteiger partial charge >= 0.3 is 10.1 Å². The molecule has 2 rings (SSSR count). The largest absolute Gasteiger partial charge is 0.395 e. The summed E-state index contributed by atoms with van der Waals surface area (Å²) < 4.78 is 30.3. The van der Waals surface area contributed by atoms with E-state index in [1.165, 1.54) is 12.1 Å². The van der Waals surface area contributed by atoms with Gasteiger partial charge < -0.3 is 14.6 Å². The minimum Gasteiger partial charge on any atom is -0.395 e. The summed E-state index contributed by atoms with van der Waals surface area (Å²) in [5.74, 6) is 0.547. The highest BCUT2D eigenvalue weighted by molar-refractivity contribution is 7.87. The van der Waals surface area contributed by atoms with Crippen molar-refractivity contribution in [3.8, 4) is 5.75 Å². The standard InChI is InChI=1S/C19H25NO4S/c1-14(2)18(13-21)20-12-16-6-4-5-7-19(16)24-25(22,23)17-10-8-15(3)9-11-17/h4-11,14,18,20-21H,12-13H2,1-3H3/t18-/m1/s1. The molecule has 6 heteroatoms. The van der Waals surface area contributed by atoms with E-state index in [9.17, 15) is 13.5 Å². The number of benzene rings is 2. The molecule has 0 fully saturated rings. The van der Waals surface area contributed by atoms with Crippen molar-refractivity contribution in [2.75, 3.05) is 6.61 Å². The number of hydrogen-bond acceptors (Lipinski definition) is 5. The summed E-state index contributed by atoms with van der Waals surface area (Å²) >= 11 is 0. The summed E-state index contributed by atoms with van der Waals surface area (Å²) in [5, 5.41) is 12.6. The van der Waals surface area contributed by atoms with E-state index >= 15 is 0 Å². The minimum atomic E-state index is -3.89. The molecule has 1 atom stereocenters. The van der Waals surface area contributed by atoms with E-state index in [4.69, 9.17) is 4.18 Å². The van der Waals surface area contributed by atoms with Crippen LogP contribution in [0.1, 0.15) is 25.0 Å². The summed E-state index contributed by atoms with van der Waals surface area (Å²) in [6, 6.07) is 13.5. The molecule has 0 amide bonds. The highest BCUT2D eigenvalue weighted by Gasteiger charge is 2.19. The van der Waals surface area contributed by atoms with E-state index in [0.29, 0.717) is 6.54 Å². The first kappa shape index (κ1) is 19.4. The van der Waals surface area contributed by atoms with E-state index in [-0.39, 0.29) is 29.2 Å². The molecule has 2 N–H and O–H groups in total. The van der Waals surface area contributed by atoms with Crippen molar-refractivity contribution in [1.82, 2.24) is 5.32 Å². The van der Waals surface area contributed by atoms with Gasteiger partial charge in [0.25, 0.3) is 0 Å². The van der Waals surface area contributed by atoms with Gasteiger partial charge in [0.05, 0.1) is 6.61 Å². The molecule has 2 aromatic rings. The van der Waals surface area contributed by atoms with Crippen LogP contribution in [0.4, 0.5) is 0 Å². The number of hydrogen-bond donors (Lipinski definition) is 2. The molecule has 0 radical (unpaired) electrons. The third kappa shape index (κ3) is 5.29. The predicted molar refractivity (Wildman–Crippen MR) is 98.0 cm³/mol. The maximum atomic E-state index is 12.5. The van der Waals surface area contributed by atoms with E-state index in [1.807, 2.05) is 32.9 Å². The molecular weight excluding hydrogens is 338 g/mol. The Morgan fingerprint density at radius 3 is 2.32 bits per heavy atom. The SMILES string of the molecule is Cc1ccc(S(=O)(=O)Oc2ccccc2CN[C@H](CO)C(C)C)cc1. The van der Waals surface area contributed by atoms with Crippen LogP contribution in [0.3, 0.4) is 0 Å². The number of para-hydroxylation sites is 1. The Hall–Kier alpha value is -1.89. The second-order valence-corrected chi connectivity index (χ2v) is 7.92. The first-order valence-corrected chi connectivity index (χ1v) is 9.67. The zero-order valence-electron chi connectivity index (χ0n) is 14.8. The van der Waals surface area contributed by atoms with Crippen LogP contribution >= 0.6 is 0 Å². The Balaban J connectivity index is 2.18. The first-order chi connectivity index (χ1) is 11.8. The quantitative estimate of drug-likeness (QED) is 0.706. The molecule has 0 heterocycles. The minimum absolute atomic E-state index is 0.0162. The van der Waals surface area contributed by atoms with E-state index in [1.54, 1.807) is 24.3 Å². The topological polar surface area (TPSA) is 75.6 Å². The van der Waals surface area contributed by atoms with Crippen molar-refractivity contribution in [3.63, 3.8) is 0 Å². The molecule has 0 spiro atoms. The van der Waals surface area contributed by atoms with Gasteiger partial charge in [0.1, 0.15) is 10.6 Å². The van der Waals surface area contributed by atoms with Gasteiger partial charge in [-0.3, -0.25) is 0 Å². The fraction of sp³-hybridized carbons (Fsp3) is 0.368. The van der Waals surface area contributed by atoms with Gasteiger partial charge in [-0.25, -0.2) is 0 Å². The lowest BCUT2D eigenvalue weighted by Crippen LogP contribution is -2.36. The Bertz CT molecular complexity index is 785. The van der Waals surface area contributed by atoms with Crippen molar-refractivity contribution >= 4 is 10.1 Å². The van der Waals surface area contributed by atoms with Gasteiger partial charge in [-0.15, -0.1) is 0 Å². The number of aliphatic hydroxyl groups is 1. The van der Waals surface area contributed by atoms with Gasteiger partial charge in [0.2, 0.25) is 0 Å². The smallest absolute Gasteiger partial charge is 0.339 e. The highest BCUT2D eigenvalue weighted by atomic mass is 32.2. The van der Waals surface area contributed by atoms with Crippen molar-refractivity contribution < 1.29 is 17.7 Å². The molecular formula is C19H25NO4S. The maximum Gasteiger partial charge on any atom is 0.339 e. The molecule has 0 bridgehead atoms. The third-order valence-electron chi connectivity index (χ3n) is 4.04. The Labute approximate surface area is 149 Å². The van der Waals surface area contributed by atoms with Crippen LogP contribution in [0.25, 0.3) is 0 Å². The molecule has 0 saturated carbocycles. The number of rotatable bonds is 8. The Kier molecular flexibility index (Phi) is 6.58. The van der Waals surface area contributed by atoms with Crippen LogP contribution in [0.2, 0.25) is 0 Å². The normalized spacial score (nSPS) is 13.0. The van der Waals surface area contributed by atoms with Crippen LogP contribution in [-0.2, 0) is 16.7 Å². The zero-order valence-corrected chi connectivity index (χ0v) is 15.6. The number of aryl methyl sites for hydroxylation is 1. The Morgan fingerprint density at radius 1 is 1.08 bits per heavy atom. The van der Waals surface area contributed by atoms with Crippen molar-refractivity contribution in [2.45, 2.75) is 38.3 Å². The molecule has 136 valence electrons. The number of nitrogens with one attached hydrogen (secondary N) is 1. The average molecular weight is 363 g/mol. The van der Waals surface area contributed by atoms with Crippen molar-refractivity contribution in [3.05, 3.63) is 59.7 Å². The van der Waals surface area contributed by atoms with Crippen LogP contribution in [0.15, 0.2) is 53.4 Å². The summed E-state index contributed by atoms with van der Waals surface area (Å²) in [6.07, 6.45) is 0. The third-order valence-corrected chi connectivity index (χ3v) is 5.29. The first-order valence-electron chi connectivity index (χ1n) is 8.27. The zero-order chi connectivity index (χ0) is 18.4. The van der Waals surface area contributed by atoms with E-state index in [0.717, 1.165) is 11.1 Å². The lowest BCUT2D eigenvalue weighted by atomic mass is 10.0. The van der Waals surface area contributed by atoms with Crippen LogP contribution in [0.5, 0.6) is 5.75 Å². The van der Waals surface area contributed by atoms with E-state index in [2.05, 4.69) is 5.32 Å². The molecule has 0 aromatic heterocycles. The highest BCUT2D eigenvalue weighted by Crippen LogP contribution is 2.23. The van der Waals surface area contributed by atoms with Crippen LogP contribution in [-0.4, -0.2) is 26.2 Å². The summed E-state index contributed by atoms with van der Waals surface area (Å²) in [5.41, 5.74) is 1.70. The second-order valence-electron chi connectivity index (χ2n) is 6.37. The number of aliphatic hydroxyl groups excluding tert-OH is 1. The van der Waals surface area contributed by atoms with Crippen LogP contribution < -0.4 is 9.50 Å². The summed E-state index contributed by atoms with van der Waals surface area (Å²) in [6.45, 7) is 6.34. The Morgan fingerprint density at radius 2 is 1.72 bits per heavy atom. The van der Waals surface area contributed by atoms with Gasteiger partial charge in [-0.2, -0.15) is 8.42 Å². The molecule has 0 aliphatic carbocycles. The summed E-state index contributed by atoms with van der Waals surface area (Å²) in [4.78, 5) is 0.122. The maximum absolute atomic E-state index is 12.5. The molecule has 2 aromatic carbocycles. The lowest BCUT2D eigenvalue weighted by Gasteiger charge is -2.20. The van der Waals surface area contributed by atoms with E-state index < -0.39 is 10.1 Å². The van der Waals surface area contributed by atoms with Gasteiger partial charge in [-0.05, 0) is 31.0 Å². The molecule has 0 saturated heterocycles. The summed E-state index contributed by atoms with van der Waals surface area (Å²) in [7, 11) is -3.89. The molecule has 0 aliphatic heterocycles. The van der Waals surface area contributed by atoms with Crippen molar-refractivity contribution in [2.24, 2.45) is 5.92 Å². The lowest BCUT2D eigenvalue weighted by molar-refractivity contribution is 0.210. The van der Waals surface area contributed by atoms with Gasteiger partial charge in [0.15, 0.2) is 0 Å². The molecule has 0 aliphatic rings. The molecule has 0 unspecified atom stereocenters. The fourth-order valence-corrected chi connectivity index (χ4v) is 3.32. The van der Waals surface area contributed by atoms with Crippen LogP contribution in [0, 0.1) is 12.8 Å². The molecule has 5 nitrogen and oxygen atoms in total. The van der Waals surface area contributed by atoms with Gasteiger partial charge in [0, 0.05) is 18.2 Å². The predicted octanol–water partition coefficient (Wildman–Crippen LogP) is 2.87. The second kappa shape index (κ2) is 8.47. The van der Waals surface area contributed by atoms with Gasteiger partial charge in [-0.1, -0.05) is 49.7 Å². The molecule has 25 heavy (non-hydrogen) atoms. The average Bonchev–Trinajstić information content (AvgIpc) is 2.56. The van der Waals surface area contributed by atoms with Crippen molar-refractivity contribution in [1.29, 1.82) is 0 Å². The fourth-order valence-electron chi connectivity index (χ4n) is 2.35.